The Morgan fingerprint density at radius 2 is 0.678 bits per heavy atom. The van der Waals surface area contributed by atoms with Crippen molar-refractivity contribution >= 4 is 32.3 Å². The van der Waals surface area contributed by atoms with Gasteiger partial charge < -0.3 is 74.5 Å². The first-order valence-electron chi connectivity index (χ1n) is 34.8. The van der Waals surface area contributed by atoms with Gasteiger partial charge in [-0.2, -0.15) is 39.5 Å². The fourth-order valence-corrected chi connectivity index (χ4v) is 10.9. The van der Waals surface area contributed by atoms with Crippen LogP contribution in [0.1, 0.15) is 133 Å². The molecule has 0 unspecified atom stereocenters. The summed E-state index contributed by atoms with van der Waals surface area (Å²) in [6, 6.07) is 36.4. The van der Waals surface area contributed by atoms with Crippen molar-refractivity contribution in [2.24, 2.45) is 7.05 Å². The van der Waals surface area contributed by atoms with Crippen molar-refractivity contribution in [1.82, 2.24) is 120 Å². The maximum Gasteiger partial charge on any atom is 2.00 e. The SMILES string of the molecule is CC(C)(C)c1ccc2cnc(-c3cc(C(F)(F)F)n[n-]3)cc2c1.CC(C)(C)c1ccc2cnc(-c3cc(C(F)(F)F)n[n-]3)cc2c1.CC(C)(C)c1ccc2cnc(-c3cc(C(F)(F)F)n[n-]3)cc2c1.Cc1n[n-]c(-c2nccn2-c2ccccc2)n1.Cc1n[n-]c(-c2nccn2C(C)C)n1.Cc1n[n-]c(-c2nccn2C)n1.[Pt+2].[Pt+2].[Pt+2]. The molecule has 0 amide bonds. The second kappa shape index (κ2) is 36.8. The standard InChI is InChI=1S/3C17H15F3N3.C12H10N5.C9H12N5.C7H8N5.3Pt/c3*1-16(2,3)12-5-4-10-9-21-13(7-11(10)6-12)14-8-15(23-22-14)17(18,19)20;1-9-14-11(16-15-9)12-13-7-8-17(12)10-5-3-2-4-6-10;1-6(2)14-5-4-10-9(14)8-11-7(3)12-13-8;1-5-9-6(11-10-5)7-8-3-4-12(7)2;;;/h3*4-9H,1-3H3;2-8H,1H3;4-6H,1-3H3;3-4H,1-2H3;;;/q6*-1;3*+2. The number of hydrogen-bond donors (Lipinski definition) is 0. The van der Waals surface area contributed by atoms with E-state index in [9.17, 15) is 39.5 Å². The summed E-state index contributed by atoms with van der Waals surface area (Å²) in [6.07, 6.45) is 2.26. The smallest absolute Gasteiger partial charge is 0.573 e. The Hall–Kier alpha value is -10.8. The molecule has 12 heterocycles. The molecule has 0 radical (unpaired) electrons. The molecule has 0 spiro atoms. The van der Waals surface area contributed by atoms with Gasteiger partial charge in [0.25, 0.3) is 0 Å². The maximum absolute atomic E-state index is 12.6. The molecule has 24 nitrogen and oxygen atoms in total. The molecule has 36 heteroatoms. The second-order valence-electron chi connectivity index (χ2n) is 29.1. The Kier molecular flexibility index (Phi) is 28.7. The largest absolute Gasteiger partial charge is 2.00 e. The molecule has 16 rings (SSSR count). The first-order chi connectivity index (χ1) is 52.7. The predicted octanol–water partition coefficient (Wildman–Crippen LogP) is 16.6. The zero-order valence-corrected chi connectivity index (χ0v) is 71.2. The molecule has 0 bridgehead atoms. The second-order valence-corrected chi connectivity index (χ2v) is 29.1. The molecule has 0 saturated carbocycles. The summed E-state index contributed by atoms with van der Waals surface area (Å²) in [4.78, 5) is 37.7. The number of pyridine rings is 3. The van der Waals surface area contributed by atoms with Crippen LogP contribution in [-0.2, 0) is 105 Å². The van der Waals surface area contributed by atoms with E-state index < -0.39 is 35.6 Å². The zero-order chi connectivity index (χ0) is 80.8. The van der Waals surface area contributed by atoms with Crippen molar-refractivity contribution in [3.05, 3.63) is 228 Å². The topological polar surface area (TPSA) is 293 Å². The van der Waals surface area contributed by atoms with Gasteiger partial charge in [-0.25, -0.2) is 15.0 Å². The Labute approximate surface area is 697 Å². The number of rotatable bonds is 8. The van der Waals surface area contributed by atoms with Crippen LogP contribution in [0.3, 0.4) is 0 Å². The van der Waals surface area contributed by atoms with Gasteiger partial charge in [0.1, 0.15) is 34.6 Å². The minimum atomic E-state index is -4.50. The number of aryl methyl sites for hydroxylation is 4. The number of benzene rings is 4. The molecular weight excluding hydrogens is 2040 g/mol. The molecule has 0 saturated heterocycles. The van der Waals surface area contributed by atoms with Crippen LogP contribution >= 0.6 is 0 Å². The van der Waals surface area contributed by atoms with Crippen LogP contribution in [0.2, 0.25) is 0 Å². The van der Waals surface area contributed by atoms with Gasteiger partial charge in [-0.3, -0.25) is 30.2 Å². The Morgan fingerprint density at radius 1 is 0.348 bits per heavy atom. The molecule has 604 valence electrons. The van der Waals surface area contributed by atoms with E-state index in [4.69, 9.17) is 0 Å². The van der Waals surface area contributed by atoms with E-state index in [0.717, 1.165) is 84.5 Å². The summed E-state index contributed by atoms with van der Waals surface area (Å²) in [6.45, 7) is 28.6. The number of fused-ring (bicyclic) bond motifs is 3. The fraction of sp³-hybridized carbons (Fsp3) is 0.278. The monoisotopic (exact) mass is 2120 g/mol. The summed E-state index contributed by atoms with van der Waals surface area (Å²) in [5.74, 6) is 5.97. The summed E-state index contributed by atoms with van der Waals surface area (Å²) in [7, 11) is 1.90. The molecule has 0 aliphatic carbocycles. The summed E-state index contributed by atoms with van der Waals surface area (Å²) >= 11 is 0. The van der Waals surface area contributed by atoms with E-state index in [1.807, 2.05) is 138 Å². The van der Waals surface area contributed by atoms with Gasteiger partial charge in [-0.15, -0.1) is 0 Å². The molecule has 12 aromatic heterocycles. The van der Waals surface area contributed by atoms with E-state index in [-0.39, 0.29) is 96.5 Å². The normalized spacial score (nSPS) is 11.7. The maximum atomic E-state index is 12.6. The van der Waals surface area contributed by atoms with Crippen LogP contribution in [0.25, 0.3) is 107 Å². The van der Waals surface area contributed by atoms with Crippen LogP contribution in [0.15, 0.2) is 177 Å². The van der Waals surface area contributed by atoms with Gasteiger partial charge in [-0.1, -0.05) is 152 Å². The van der Waals surface area contributed by atoms with Crippen LogP contribution < -0.4 is 30.6 Å². The van der Waals surface area contributed by atoms with Crippen LogP contribution in [0.4, 0.5) is 39.5 Å². The van der Waals surface area contributed by atoms with Crippen molar-refractivity contribution < 1.29 is 103 Å². The molecule has 16 aromatic rings. The van der Waals surface area contributed by atoms with Gasteiger partial charge in [-0.05, 0) is 132 Å². The van der Waals surface area contributed by atoms with Crippen LogP contribution in [0, 0.1) is 20.8 Å². The first kappa shape index (κ1) is 89.8. The third-order valence-corrected chi connectivity index (χ3v) is 17.0. The van der Waals surface area contributed by atoms with E-state index in [1.54, 1.807) is 62.3 Å². The minimum Gasteiger partial charge on any atom is -0.573 e. The van der Waals surface area contributed by atoms with E-state index in [0.29, 0.717) is 63.9 Å². The third kappa shape index (κ3) is 22.8. The number of imidazole rings is 3. The van der Waals surface area contributed by atoms with Crippen molar-refractivity contribution in [1.29, 1.82) is 0 Å². The Bertz CT molecular complexity index is 5490. The fourth-order valence-electron chi connectivity index (χ4n) is 10.9. The number of nitrogens with zero attached hydrogens (tertiary/aromatic N) is 24. The van der Waals surface area contributed by atoms with E-state index in [2.05, 4.69) is 182 Å². The van der Waals surface area contributed by atoms with E-state index >= 15 is 0 Å². The van der Waals surface area contributed by atoms with Crippen LogP contribution in [-0.4, -0.2) is 89.1 Å². The van der Waals surface area contributed by atoms with Crippen molar-refractivity contribution in [3.8, 4) is 74.8 Å². The summed E-state index contributed by atoms with van der Waals surface area (Å²) < 4.78 is 120. The molecule has 0 N–H and O–H groups in total. The molecule has 0 aliphatic heterocycles. The molecule has 4 aromatic carbocycles. The molecule has 115 heavy (non-hydrogen) atoms. The molecule has 0 atom stereocenters. The van der Waals surface area contributed by atoms with Gasteiger partial charge >= 0.3 is 81.7 Å². The van der Waals surface area contributed by atoms with Gasteiger partial charge in [0, 0.05) is 126 Å². The minimum absolute atomic E-state index is 0. The average molecular weight is 2120 g/mol. The zero-order valence-electron chi connectivity index (χ0n) is 64.4. The first-order valence-corrected chi connectivity index (χ1v) is 34.8. The molecule has 0 aliphatic rings. The average Bonchev–Trinajstić information content (AvgIpc) is 1.36. The quantitative estimate of drug-likeness (QED) is 0.128. The number of halogens is 9. The summed E-state index contributed by atoms with van der Waals surface area (Å²) in [5.41, 5.74) is 2.94. The molecular formula is C79H75F9N24Pt3. The third-order valence-electron chi connectivity index (χ3n) is 17.0. The van der Waals surface area contributed by atoms with Gasteiger partial charge in [0.2, 0.25) is 0 Å². The number of para-hydroxylation sites is 1. The van der Waals surface area contributed by atoms with Crippen molar-refractivity contribution in [3.63, 3.8) is 0 Å². The van der Waals surface area contributed by atoms with Gasteiger partial charge in [0.15, 0.2) is 0 Å². The summed E-state index contributed by atoms with van der Waals surface area (Å²) in [5, 5.41) is 49.3. The van der Waals surface area contributed by atoms with Crippen LogP contribution in [0.5, 0.6) is 0 Å². The number of aromatic nitrogens is 24. The van der Waals surface area contributed by atoms with Crippen molar-refractivity contribution in [2.45, 2.75) is 138 Å². The Balaban J connectivity index is 0.000000174. The van der Waals surface area contributed by atoms with Gasteiger partial charge in [0.05, 0.1) is 17.1 Å². The Morgan fingerprint density at radius 3 is 0.991 bits per heavy atom. The predicted molar refractivity (Wildman–Crippen MR) is 403 cm³/mol. The number of hydrogen-bond acceptors (Lipinski definition) is 15. The van der Waals surface area contributed by atoms with Crippen molar-refractivity contribution in [2.75, 3.05) is 0 Å². The molecule has 0 fully saturated rings. The van der Waals surface area contributed by atoms with E-state index in [1.165, 1.54) is 0 Å². The number of alkyl halides is 9.